The number of aliphatic imine (C=N–C) groups is 1. The summed E-state index contributed by atoms with van der Waals surface area (Å²) in [7, 11) is 3.11. The number of ether oxygens (including phenoxy) is 1. The standard InChI is InChI=1S/C26H26FN3O3S/c1-4-21-23(25(32)33-3)24(18-10-12-19(27)13-11-18)30-20(16-34-26(30)28-21)14-22(31)29(2)15-17-8-6-5-7-9-17/h5-13,16,24H,4,14-15H2,1-3H3. The number of nitrogens with zero attached hydrogens (tertiary/aromatic N) is 3. The van der Waals surface area contributed by atoms with E-state index in [-0.39, 0.29) is 18.1 Å². The molecule has 2 heterocycles. The number of carbonyl (C=O) groups excluding carboxylic acids is 2. The summed E-state index contributed by atoms with van der Waals surface area (Å²) in [5, 5.41) is 2.59. The lowest BCUT2D eigenvalue weighted by molar-refractivity contribution is -0.136. The zero-order valence-electron chi connectivity index (χ0n) is 19.3. The molecule has 1 amide bonds. The Morgan fingerprint density at radius 3 is 2.50 bits per heavy atom. The molecule has 176 valence electrons. The van der Waals surface area contributed by atoms with E-state index < -0.39 is 12.0 Å². The van der Waals surface area contributed by atoms with Crippen molar-refractivity contribution in [3.8, 4) is 0 Å². The molecule has 0 saturated heterocycles. The van der Waals surface area contributed by atoms with Gasteiger partial charge in [0.15, 0.2) is 5.17 Å². The summed E-state index contributed by atoms with van der Waals surface area (Å²) in [6.07, 6.45) is 0.678. The van der Waals surface area contributed by atoms with Crippen LogP contribution in [0.4, 0.5) is 4.39 Å². The van der Waals surface area contributed by atoms with Gasteiger partial charge in [-0.25, -0.2) is 14.2 Å². The Morgan fingerprint density at radius 2 is 1.85 bits per heavy atom. The molecule has 6 nitrogen and oxygen atoms in total. The highest BCUT2D eigenvalue weighted by Crippen LogP contribution is 2.45. The van der Waals surface area contributed by atoms with Crippen molar-refractivity contribution in [2.24, 2.45) is 4.99 Å². The van der Waals surface area contributed by atoms with E-state index in [9.17, 15) is 14.0 Å². The van der Waals surface area contributed by atoms with E-state index in [2.05, 4.69) is 0 Å². The molecule has 0 saturated carbocycles. The number of thioether (sulfide) groups is 1. The summed E-state index contributed by atoms with van der Waals surface area (Å²) in [6.45, 7) is 2.42. The topological polar surface area (TPSA) is 62.2 Å². The fourth-order valence-corrected chi connectivity index (χ4v) is 5.05. The highest BCUT2D eigenvalue weighted by molar-refractivity contribution is 8.16. The zero-order chi connectivity index (χ0) is 24.2. The van der Waals surface area contributed by atoms with E-state index in [0.29, 0.717) is 29.4 Å². The molecule has 1 unspecified atom stereocenters. The number of amides is 1. The molecule has 0 spiro atoms. The maximum Gasteiger partial charge on any atom is 0.338 e. The molecule has 1 atom stereocenters. The second-order valence-electron chi connectivity index (χ2n) is 8.06. The minimum absolute atomic E-state index is 0.0558. The van der Waals surface area contributed by atoms with Crippen molar-refractivity contribution < 1.29 is 18.7 Å². The number of allylic oxidation sites excluding steroid dienone is 1. The largest absolute Gasteiger partial charge is 0.466 e. The Balaban J connectivity index is 1.65. The number of methoxy groups -OCH3 is 1. The first-order valence-corrected chi connectivity index (χ1v) is 11.9. The van der Waals surface area contributed by atoms with Crippen LogP contribution in [0.15, 0.2) is 82.0 Å². The average Bonchev–Trinajstić information content (AvgIpc) is 3.25. The van der Waals surface area contributed by atoms with Crippen LogP contribution in [-0.4, -0.2) is 41.0 Å². The molecule has 0 aliphatic carbocycles. The molecule has 8 heteroatoms. The van der Waals surface area contributed by atoms with Crippen LogP contribution in [0, 0.1) is 5.82 Å². The van der Waals surface area contributed by atoms with Gasteiger partial charge in [-0.3, -0.25) is 4.79 Å². The Morgan fingerprint density at radius 1 is 1.15 bits per heavy atom. The van der Waals surface area contributed by atoms with E-state index in [1.54, 1.807) is 24.1 Å². The van der Waals surface area contributed by atoms with Gasteiger partial charge in [0.25, 0.3) is 0 Å². The minimum atomic E-state index is -0.566. The van der Waals surface area contributed by atoms with E-state index >= 15 is 0 Å². The van der Waals surface area contributed by atoms with Crippen LogP contribution in [0.1, 0.15) is 36.9 Å². The predicted molar refractivity (Wildman–Crippen MR) is 131 cm³/mol. The molecule has 2 aromatic carbocycles. The van der Waals surface area contributed by atoms with Crippen molar-refractivity contribution in [1.82, 2.24) is 9.80 Å². The molecule has 2 aliphatic rings. The van der Waals surface area contributed by atoms with E-state index in [4.69, 9.17) is 9.73 Å². The van der Waals surface area contributed by atoms with Crippen LogP contribution in [-0.2, 0) is 20.9 Å². The summed E-state index contributed by atoms with van der Waals surface area (Å²) >= 11 is 1.42. The van der Waals surface area contributed by atoms with Crippen LogP contribution in [0.25, 0.3) is 0 Å². The summed E-state index contributed by atoms with van der Waals surface area (Å²) < 4.78 is 18.8. The summed E-state index contributed by atoms with van der Waals surface area (Å²) in [5.41, 5.74) is 3.53. The molecule has 0 fully saturated rings. The molecule has 2 aliphatic heterocycles. The highest BCUT2D eigenvalue weighted by Gasteiger charge is 2.41. The van der Waals surface area contributed by atoms with Gasteiger partial charge in [-0.2, -0.15) is 0 Å². The van der Waals surface area contributed by atoms with Crippen molar-refractivity contribution in [1.29, 1.82) is 0 Å². The van der Waals surface area contributed by atoms with E-state index in [1.807, 2.05) is 47.6 Å². The number of benzene rings is 2. The third-order valence-electron chi connectivity index (χ3n) is 5.84. The summed E-state index contributed by atoms with van der Waals surface area (Å²) in [6, 6.07) is 15.3. The van der Waals surface area contributed by atoms with Crippen molar-refractivity contribution in [3.05, 3.63) is 93.9 Å². The number of rotatable bonds is 7. The molecule has 34 heavy (non-hydrogen) atoms. The van der Waals surface area contributed by atoms with E-state index in [1.165, 1.54) is 31.0 Å². The number of fused-ring (bicyclic) bond motifs is 1. The summed E-state index contributed by atoms with van der Waals surface area (Å²) in [5.74, 6) is -0.908. The Kier molecular flexibility index (Phi) is 7.17. The van der Waals surface area contributed by atoms with Crippen molar-refractivity contribution in [3.63, 3.8) is 0 Å². The second kappa shape index (κ2) is 10.3. The lowest BCUT2D eigenvalue weighted by atomic mass is 9.93. The number of carbonyl (C=O) groups is 2. The lowest BCUT2D eigenvalue weighted by Crippen LogP contribution is -2.38. The quantitative estimate of drug-likeness (QED) is 0.523. The number of hydrogen-bond acceptors (Lipinski definition) is 6. The molecule has 0 N–H and O–H groups in total. The fourth-order valence-electron chi connectivity index (χ4n) is 4.11. The number of halogens is 1. The lowest BCUT2D eigenvalue weighted by Gasteiger charge is -2.36. The number of hydrogen-bond donors (Lipinski definition) is 0. The monoisotopic (exact) mass is 479 g/mol. The van der Waals surface area contributed by atoms with Gasteiger partial charge in [-0.1, -0.05) is 61.2 Å². The van der Waals surface area contributed by atoms with Gasteiger partial charge in [0.2, 0.25) is 5.91 Å². The Bertz CT molecular complexity index is 1180. The second-order valence-corrected chi connectivity index (χ2v) is 8.90. The van der Waals surface area contributed by atoms with Crippen LogP contribution >= 0.6 is 11.8 Å². The molecular weight excluding hydrogens is 453 g/mol. The van der Waals surface area contributed by atoms with Gasteiger partial charge in [-0.05, 0) is 35.1 Å². The van der Waals surface area contributed by atoms with Crippen LogP contribution in [0.5, 0.6) is 0 Å². The number of esters is 1. The van der Waals surface area contributed by atoms with Gasteiger partial charge in [0.1, 0.15) is 5.82 Å². The fraction of sp³-hybridized carbons (Fsp3) is 0.269. The average molecular weight is 480 g/mol. The predicted octanol–water partition coefficient (Wildman–Crippen LogP) is 5.01. The molecule has 2 aromatic rings. The maximum absolute atomic E-state index is 13.7. The van der Waals surface area contributed by atoms with Crippen molar-refractivity contribution in [2.45, 2.75) is 32.4 Å². The van der Waals surface area contributed by atoms with Crippen molar-refractivity contribution in [2.75, 3.05) is 14.2 Å². The zero-order valence-corrected chi connectivity index (χ0v) is 20.1. The Hall–Kier alpha value is -3.39. The SMILES string of the molecule is CCC1=C(C(=O)OC)C(c2ccc(F)cc2)N2C(CC(=O)N(C)Cc3ccccc3)=CSC2=N1. The maximum atomic E-state index is 13.7. The Labute approximate surface area is 202 Å². The highest BCUT2D eigenvalue weighted by atomic mass is 32.2. The van der Waals surface area contributed by atoms with Gasteiger partial charge in [-0.15, -0.1) is 0 Å². The first-order chi connectivity index (χ1) is 16.4. The normalized spacial score (nSPS) is 17.2. The minimum Gasteiger partial charge on any atom is -0.466 e. The molecule has 0 bridgehead atoms. The molecule has 0 aromatic heterocycles. The van der Waals surface area contributed by atoms with Crippen LogP contribution < -0.4 is 0 Å². The first-order valence-electron chi connectivity index (χ1n) is 11.0. The van der Waals surface area contributed by atoms with Gasteiger partial charge < -0.3 is 14.5 Å². The third kappa shape index (κ3) is 4.77. The molecular formula is C26H26FN3O3S. The van der Waals surface area contributed by atoms with Crippen LogP contribution in [0.2, 0.25) is 0 Å². The summed E-state index contributed by atoms with van der Waals surface area (Å²) in [4.78, 5) is 34.3. The number of amidine groups is 1. The first kappa shape index (κ1) is 23.8. The molecule has 0 radical (unpaired) electrons. The van der Waals surface area contributed by atoms with Crippen LogP contribution in [0.3, 0.4) is 0 Å². The van der Waals surface area contributed by atoms with Crippen molar-refractivity contribution >= 4 is 28.8 Å². The molecule has 4 rings (SSSR count). The van der Waals surface area contributed by atoms with Gasteiger partial charge >= 0.3 is 5.97 Å². The smallest absolute Gasteiger partial charge is 0.338 e. The van der Waals surface area contributed by atoms with E-state index in [0.717, 1.165) is 16.8 Å². The third-order valence-corrected chi connectivity index (χ3v) is 6.72. The van der Waals surface area contributed by atoms with Gasteiger partial charge in [0.05, 0.1) is 30.8 Å². The van der Waals surface area contributed by atoms with Gasteiger partial charge in [0, 0.05) is 19.3 Å².